The van der Waals surface area contributed by atoms with Crippen molar-refractivity contribution in [3.8, 4) is 5.75 Å². The Bertz CT molecular complexity index is 1470. The molecule has 2 amide bonds. The van der Waals surface area contributed by atoms with Crippen molar-refractivity contribution in [2.24, 2.45) is 0 Å². The minimum atomic E-state index is -3.58. The first kappa shape index (κ1) is 26.2. The van der Waals surface area contributed by atoms with E-state index >= 15 is 0 Å². The van der Waals surface area contributed by atoms with Crippen LogP contribution in [0, 0.1) is 0 Å². The van der Waals surface area contributed by atoms with Gasteiger partial charge in [0.05, 0.1) is 17.1 Å². The molecule has 0 bridgehead atoms. The van der Waals surface area contributed by atoms with Crippen LogP contribution in [-0.4, -0.2) is 43.7 Å². The zero-order valence-electron chi connectivity index (χ0n) is 20.9. The van der Waals surface area contributed by atoms with Crippen LogP contribution in [0.3, 0.4) is 0 Å². The van der Waals surface area contributed by atoms with Crippen LogP contribution in [0.2, 0.25) is 5.02 Å². The Labute approximate surface area is 227 Å². The predicted molar refractivity (Wildman–Crippen MR) is 146 cm³/mol. The van der Waals surface area contributed by atoms with Gasteiger partial charge in [0.25, 0.3) is 11.8 Å². The number of amides is 2. The van der Waals surface area contributed by atoms with Crippen LogP contribution >= 0.6 is 11.6 Å². The Morgan fingerprint density at radius 1 is 1.03 bits per heavy atom. The maximum absolute atomic E-state index is 13.0. The molecule has 3 aromatic carbocycles. The van der Waals surface area contributed by atoms with Gasteiger partial charge in [-0.15, -0.1) is 0 Å². The predicted octanol–water partition coefficient (Wildman–Crippen LogP) is 5.08. The highest BCUT2D eigenvalue weighted by Crippen LogP contribution is 2.38. The standard InChI is InChI=1S/C28H28ClN3O5S/c1-19-28(34)32(18-21-7-3-4-8-24(21)29)25-17-22(11-14-26(25)37-19)30-27(33)20-9-12-23(13-10-20)38(35,36)31-15-5-2-6-16-31/h3-4,7-14,17,19H,2,5-6,15-16,18H2,1H3,(H,30,33). The molecule has 1 saturated heterocycles. The summed E-state index contributed by atoms with van der Waals surface area (Å²) in [6.45, 7) is 2.97. The molecule has 3 aromatic rings. The van der Waals surface area contributed by atoms with Gasteiger partial charge in [0, 0.05) is 29.4 Å². The quantitative estimate of drug-likeness (QED) is 0.459. The van der Waals surface area contributed by atoms with E-state index < -0.39 is 22.0 Å². The van der Waals surface area contributed by atoms with Gasteiger partial charge in [-0.3, -0.25) is 9.59 Å². The summed E-state index contributed by atoms with van der Waals surface area (Å²) < 4.78 is 33.1. The number of sulfonamides is 1. The molecule has 38 heavy (non-hydrogen) atoms. The number of carbonyl (C=O) groups excluding carboxylic acids is 2. The number of hydrogen-bond donors (Lipinski definition) is 1. The van der Waals surface area contributed by atoms with Crippen molar-refractivity contribution < 1.29 is 22.7 Å². The van der Waals surface area contributed by atoms with Crippen LogP contribution < -0.4 is 15.0 Å². The Balaban J connectivity index is 1.35. The average Bonchev–Trinajstić information content (AvgIpc) is 2.93. The summed E-state index contributed by atoms with van der Waals surface area (Å²) in [5, 5.41) is 3.39. The van der Waals surface area contributed by atoms with Gasteiger partial charge >= 0.3 is 0 Å². The lowest BCUT2D eigenvalue weighted by molar-refractivity contribution is -0.125. The van der Waals surface area contributed by atoms with Crippen LogP contribution in [0.15, 0.2) is 71.6 Å². The fourth-order valence-electron chi connectivity index (χ4n) is 4.68. The van der Waals surface area contributed by atoms with Crippen molar-refractivity contribution in [1.29, 1.82) is 0 Å². The third-order valence-electron chi connectivity index (χ3n) is 6.78. The topological polar surface area (TPSA) is 96.0 Å². The molecule has 1 fully saturated rings. The van der Waals surface area contributed by atoms with Crippen LogP contribution in [0.25, 0.3) is 0 Å². The summed E-state index contributed by atoms with van der Waals surface area (Å²) in [4.78, 5) is 27.8. The number of halogens is 1. The van der Waals surface area contributed by atoms with E-state index in [1.165, 1.54) is 28.6 Å². The normalized spacial score (nSPS) is 18.0. The largest absolute Gasteiger partial charge is 0.479 e. The Morgan fingerprint density at radius 3 is 2.45 bits per heavy atom. The van der Waals surface area contributed by atoms with Gasteiger partial charge in [-0.1, -0.05) is 36.2 Å². The van der Waals surface area contributed by atoms with Gasteiger partial charge < -0.3 is 15.0 Å². The highest BCUT2D eigenvalue weighted by Gasteiger charge is 2.32. The third-order valence-corrected chi connectivity index (χ3v) is 9.06. The smallest absolute Gasteiger partial charge is 0.268 e. The third kappa shape index (κ3) is 5.27. The monoisotopic (exact) mass is 553 g/mol. The highest BCUT2D eigenvalue weighted by atomic mass is 35.5. The molecule has 2 aliphatic heterocycles. The minimum absolute atomic E-state index is 0.171. The second kappa shape index (κ2) is 10.8. The van der Waals surface area contributed by atoms with Crippen LogP contribution in [-0.2, 0) is 21.4 Å². The molecule has 10 heteroatoms. The summed E-state index contributed by atoms with van der Waals surface area (Å²) >= 11 is 6.34. The lowest BCUT2D eigenvalue weighted by Gasteiger charge is -2.33. The van der Waals surface area contributed by atoms with Crippen molar-refractivity contribution in [2.45, 2.75) is 43.7 Å². The molecule has 1 atom stereocenters. The van der Waals surface area contributed by atoms with Crippen molar-refractivity contribution in [3.63, 3.8) is 0 Å². The second-order valence-electron chi connectivity index (χ2n) is 9.40. The number of anilines is 2. The first-order chi connectivity index (χ1) is 18.2. The fourth-order valence-corrected chi connectivity index (χ4v) is 6.39. The van der Waals surface area contributed by atoms with E-state index in [1.807, 2.05) is 18.2 Å². The van der Waals surface area contributed by atoms with Crippen molar-refractivity contribution >= 4 is 44.8 Å². The van der Waals surface area contributed by atoms with Crippen LogP contribution in [0.1, 0.15) is 42.1 Å². The molecule has 8 nitrogen and oxygen atoms in total. The average molecular weight is 554 g/mol. The number of fused-ring (bicyclic) bond motifs is 1. The van der Waals surface area contributed by atoms with Crippen LogP contribution in [0.4, 0.5) is 11.4 Å². The number of ether oxygens (including phenoxy) is 1. The summed E-state index contributed by atoms with van der Waals surface area (Å²) in [5.74, 6) is -0.0956. The fraction of sp³-hybridized carbons (Fsp3) is 0.286. The molecule has 2 aliphatic rings. The molecule has 0 spiro atoms. The molecule has 198 valence electrons. The number of carbonyl (C=O) groups is 2. The lowest BCUT2D eigenvalue weighted by atomic mass is 10.1. The summed E-state index contributed by atoms with van der Waals surface area (Å²) in [7, 11) is -3.58. The molecular formula is C28H28ClN3O5S. The molecule has 2 heterocycles. The number of hydrogen-bond acceptors (Lipinski definition) is 5. The van der Waals surface area contributed by atoms with E-state index in [-0.39, 0.29) is 17.3 Å². The molecule has 0 aromatic heterocycles. The van der Waals surface area contributed by atoms with Crippen molar-refractivity contribution in [3.05, 3.63) is 82.9 Å². The molecule has 0 aliphatic carbocycles. The maximum Gasteiger partial charge on any atom is 0.268 e. The number of nitrogens with zero attached hydrogens (tertiary/aromatic N) is 2. The second-order valence-corrected chi connectivity index (χ2v) is 11.7. The SMILES string of the molecule is CC1Oc2ccc(NC(=O)c3ccc(S(=O)(=O)N4CCCCC4)cc3)cc2N(Cc2ccccc2Cl)C1=O. The van der Waals surface area contributed by atoms with Gasteiger partial charge in [0.2, 0.25) is 10.0 Å². The van der Waals surface area contributed by atoms with E-state index in [0.29, 0.717) is 40.8 Å². The van der Waals surface area contributed by atoms with Gasteiger partial charge in [-0.05, 0) is 73.9 Å². The Morgan fingerprint density at radius 2 is 1.74 bits per heavy atom. The van der Waals surface area contributed by atoms with E-state index in [2.05, 4.69) is 5.32 Å². The molecule has 0 radical (unpaired) electrons. The zero-order valence-corrected chi connectivity index (χ0v) is 22.5. The number of nitrogens with one attached hydrogen (secondary N) is 1. The van der Waals surface area contributed by atoms with E-state index in [9.17, 15) is 18.0 Å². The molecule has 0 saturated carbocycles. The summed E-state index contributed by atoms with van der Waals surface area (Å²) in [6, 6.07) is 18.3. The van der Waals surface area contributed by atoms with Gasteiger partial charge in [-0.2, -0.15) is 4.31 Å². The van der Waals surface area contributed by atoms with Gasteiger partial charge in [0.15, 0.2) is 6.10 Å². The Hall–Kier alpha value is -3.40. The van der Waals surface area contributed by atoms with E-state index in [4.69, 9.17) is 16.3 Å². The first-order valence-corrected chi connectivity index (χ1v) is 14.3. The van der Waals surface area contributed by atoms with Crippen molar-refractivity contribution in [1.82, 2.24) is 4.31 Å². The van der Waals surface area contributed by atoms with E-state index in [1.54, 1.807) is 36.1 Å². The zero-order chi connectivity index (χ0) is 26.9. The molecule has 5 rings (SSSR count). The van der Waals surface area contributed by atoms with Gasteiger partial charge in [0.1, 0.15) is 5.75 Å². The Kier molecular flexibility index (Phi) is 7.43. The highest BCUT2D eigenvalue weighted by molar-refractivity contribution is 7.89. The number of rotatable bonds is 6. The first-order valence-electron chi connectivity index (χ1n) is 12.5. The lowest BCUT2D eigenvalue weighted by Crippen LogP contribution is -2.44. The molecular weight excluding hydrogens is 526 g/mol. The number of benzene rings is 3. The molecule has 1 N–H and O–H groups in total. The summed E-state index contributed by atoms with van der Waals surface area (Å²) in [5.41, 5.74) is 2.09. The van der Waals surface area contributed by atoms with Crippen LogP contribution in [0.5, 0.6) is 5.75 Å². The number of piperidine rings is 1. The van der Waals surface area contributed by atoms with Crippen molar-refractivity contribution in [2.75, 3.05) is 23.3 Å². The van der Waals surface area contributed by atoms with E-state index in [0.717, 1.165) is 24.8 Å². The maximum atomic E-state index is 13.0. The summed E-state index contributed by atoms with van der Waals surface area (Å²) in [6.07, 6.45) is 2.08. The molecule has 1 unspecified atom stereocenters. The minimum Gasteiger partial charge on any atom is -0.479 e. The van der Waals surface area contributed by atoms with Gasteiger partial charge in [-0.25, -0.2) is 8.42 Å².